The average molecular weight is 439 g/mol. The van der Waals surface area contributed by atoms with Gasteiger partial charge in [-0.3, -0.25) is 4.98 Å². The number of nitrogens with one attached hydrogen (secondary N) is 2. The Morgan fingerprint density at radius 1 is 1.19 bits per heavy atom. The van der Waals surface area contributed by atoms with Crippen LogP contribution in [0, 0.1) is 5.82 Å². The van der Waals surface area contributed by atoms with Gasteiger partial charge in [0.05, 0.1) is 42.3 Å². The zero-order valence-corrected chi connectivity index (χ0v) is 18.1. The lowest BCUT2D eigenvalue weighted by atomic mass is 10.1. The van der Waals surface area contributed by atoms with E-state index < -0.39 is 0 Å². The van der Waals surface area contributed by atoms with Crippen LogP contribution < -0.4 is 15.5 Å². The SMILES string of the molecule is C[C@@H]1CN(c2ccc(-c3cc4nccnc4c(NC[C@@H]4CNCCO4)n3)cc2F)CCO1. The summed E-state index contributed by atoms with van der Waals surface area (Å²) in [6, 6.07) is 7.11. The van der Waals surface area contributed by atoms with E-state index in [9.17, 15) is 0 Å². The van der Waals surface area contributed by atoms with E-state index in [1.54, 1.807) is 12.4 Å². The van der Waals surface area contributed by atoms with Gasteiger partial charge in [-0.1, -0.05) is 6.07 Å². The van der Waals surface area contributed by atoms with Crippen molar-refractivity contribution in [2.24, 2.45) is 0 Å². The molecule has 168 valence electrons. The molecule has 32 heavy (non-hydrogen) atoms. The fourth-order valence-electron chi connectivity index (χ4n) is 4.16. The Morgan fingerprint density at radius 2 is 2.09 bits per heavy atom. The normalized spacial score (nSPS) is 21.6. The van der Waals surface area contributed by atoms with Gasteiger partial charge >= 0.3 is 0 Å². The molecule has 0 saturated carbocycles. The first kappa shape index (κ1) is 21.0. The topological polar surface area (TPSA) is 84.4 Å². The summed E-state index contributed by atoms with van der Waals surface area (Å²) in [5.41, 5.74) is 3.31. The van der Waals surface area contributed by atoms with Crippen LogP contribution in [0.4, 0.5) is 15.9 Å². The van der Waals surface area contributed by atoms with Gasteiger partial charge in [0.25, 0.3) is 0 Å². The van der Waals surface area contributed by atoms with Crippen molar-refractivity contribution in [3.8, 4) is 11.3 Å². The van der Waals surface area contributed by atoms with Gasteiger partial charge in [-0.2, -0.15) is 0 Å². The third kappa shape index (κ3) is 4.50. The summed E-state index contributed by atoms with van der Waals surface area (Å²) in [6.45, 7) is 6.88. The van der Waals surface area contributed by atoms with Crippen molar-refractivity contribution in [2.45, 2.75) is 19.1 Å². The zero-order valence-electron chi connectivity index (χ0n) is 18.1. The first-order chi connectivity index (χ1) is 15.7. The second-order valence-corrected chi connectivity index (χ2v) is 8.15. The monoisotopic (exact) mass is 438 g/mol. The Labute approximate surface area is 186 Å². The molecule has 0 amide bonds. The van der Waals surface area contributed by atoms with E-state index in [1.165, 1.54) is 6.07 Å². The number of pyridine rings is 1. The largest absolute Gasteiger partial charge is 0.375 e. The average Bonchev–Trinajstić information content (AvgIpc) is 2.83. The Hall–Kier alpha value is -2.88. The van der Waals surface area contributed by atoms with Gasteiger partial charge in [0.2, 0.25) is 0 Å². The third-order valence-electron chi connectivity index (χ3n) is 5.78. The maximum atomic E-state index is 15.1. The summed E-state index contributed by atoms with van der Waals surface area (Å²) >= 11 is 0. The number of rotatable bonds is 5. The lowest BCUT2D eigenvalue weighted by molar-refractivity contribution is 0.0372. The van der Waals surface area contributed by atoms with Crippen LogP contribution >= 0.6 is 0 Å². The first-order valence-corrected chi connectivity index (χ1v) is 11.0. The number of nitrogens with zero attached hydrogens (tertiary/aromatic N) is 4. The highest BCUT2D eigenvalue weighted by atomic mass is 19.1. The number of morpholine rings is 2. The molecule has 2 N–H and O–H groups in total. The Kier molecular flexibility index (Phi) is 6.11. The summed E-state index contributed by atoms with van der Waals surface area (Å²) in [5.74, 6) is 0.347. The zero-order chi connectivity index (χ0) is 21.9. The van der Waals surface area contributed by atoms with E-state index in [4.69, 9.17) is 14.5 Å². The maximum absolute atomic E-state index is 15.1. The van der Waals surface area contributed by atoms with Crippen LogP contribution in [0.15, 0.2) is 36.7 Å². The molecule has 2 fully saturated rings. The van der Waals surface area contributed by atoms with Gasteiger partial charge in [0, 0.05) is 50.7 Å². The van der Waals surface area contributed by atoms with Crippen LogP contribution in [0.5, 0.6) is 0 Å². The first-order valence-electron chi connectivity index (χ1n) is 11.0. The van der Waals surface area contributed by atoms with Crippen molar-refractivity contribution >= 4 is 22.5 Å². The number of anilines is 2. The van der Waals surface area contributed by atoms with Crippen molar-refractivity contribution in [1.29, 1.82) is 0 Å². The number of hydrogen-bond acceptors (Lipinski definition) is 8. The van der Waals surface area contributed by atoms with Gasteiger partial charge in [-0.15, -0.1) is 0 Å². The molecule has 2 aliphatic heterocycles. The summed E-state index contributed by atoms with van der Waals surface area (Å²) in [7, 11) is 0. The Morgan fingerprint density at radius 3 is 2.91 bits per heavy atom. The van der Waals surface area contributed by atoms with E-state index in [0.717, 1.165) is 13.1 Å². The molecule has 0 aliphatic carbocycles. The molecule has 2 aliphatic rings. The molecule has 1 aromatic carbocycles. The molecule has 2 saturated heterocycles. The minimum atomic E-state index is -0.270. The number of halogens is 1. The van der Waals surface area contributed by atoms with Crippen LogP contribution in [0.25, 0.3) is 22.3 Å². The van der Waals surface area contributed by atoms with Gasteiger partial charge in [-0.05, 0) is 25.1 Å². The van der Waals surface area contributed by atoms with Gasteiger partial charge < -0.3 is 25.0 Å². The maximum Gasteiger partial charge on any atom is 0.154 e. The summed E-state index contributed by atoms with van der Waals surface area (Å²) in [6.07, 6.45) is 3.42. The fraction of sp³-hybridized carbons (Fsp3) is 0.435. The molecule has 0 radical (unpaired) electrons. The molecule has 5 rings (SSSR count). The van der Waals surface area contributed by atoms with Crippen LogP contribution in [0.3, 0.4) is 0 Å². The van der Waals surface area contributed by atoms with Crippen molar-refractivity contribution in [1.82, 2.24) is 20.3 Å². The van der Waals surface area contributed by atoms with E-state index in [-0.39, 0.29) is 18.0 Å². The highest BCUT2D eigenvalue weighted by Crippen LogP contribution is 2.30. The molecular weight excluding hydrogens is 411 g/mol. The molecule has 0 spiro atoms. The third-order valence-corrected chi connectivity index (χ3v) is 5.78. The Balaban J connectivity index is 1.43. The quantitative estimate of drug-likeness (QED) is 0.629. The number of benzene rings is 1. The minimum Gasteiger partial charge on any atom is -0.375 e. The fourth-order valence-corrected chi connectivity index (χ4v) is 4.16. The minimum absolute atomic E-state index is 0.0496. The van der Waals surface area contributed by atoms with Gasteiger partial charge in [0.15, 0.2) is 5.82 Å². The van der Waals surface area contributed by atoms with Crippen LogP contribution in [0.1, 0.15) is 6.92 Å². The highest BCUT2D eigenvalue weighted by molar-refractivity contribution is 5.88. The van der Waals surface area contributed by atoms with Crippen LogP contribution in [0.2, 0.25) is 0 Å². The molecule has 2 aromatic heterocycles. The summed E-state index contributed by atoms with van der Waals surface area (Å²) in [4.78, 5) is 15.7. The Bertz CT molecular complexity index is 1090. The molecule has 2 atom stereocenters. The molecule has 0 bridgehead atoms. The van der Waals surface area contributed by atoms with Gasteiger partial charge in [-0.25, -0.2) is 14.4 Å². The molecule has 9 heteroatoms. The summed E-state index contributed by atoms with van der Waals surface area (Å²) < 4.78 is 26.4. The number of hydrogen-bond donors (Lipinski definition) is 2. The smallest absolute Gasteiger partial charge is 0.154 e. The van der Waals surface area contributed by atoms with Crippen molar-refractivity contribution in [3.05, 3.63) is 42.5 Å². The molecule has 0 unspecified atom stereocenters. The van der Waals surface area contributed by atoms with E-state index in [2.05, 4.69) is 20.6 Å². The van der Waals surface area contributed by atoms with Gasteiger partial charge in [0.1, 0.15) is 11.3 Å². The van der Waals surface area contributed by atoms with Crippen molar-refractivity contribution < 1.29 is 13.9 Å². The second-order valence-electron chi connectivity index (χ2n) is 8.15. The van der Waals surface area contributed by atoms with E-state index in [0.29, 0.717) is 66.6 Å². The second kappa shape index (κ2) is 9.32. The van der Waals surface area contributed by atoms with E-state index in [1.807, 2.05) is 30.0 Å². The number of ether oxygens (including phenoxy) is 2. The number of fused-ring (bicyclic) bond motifs is 1. The summed E-state index contributed by atoms with van der Waals surface area (Å²) in [5, 5.41) is 6.68. The molecule has 8 nitrogen and oxygen atoms in total. The predicted octanol–water partition coefficient (Wildman–Crippen LogP) is 2.46. The van der Waals surface area contributed by atoms with Crippen LogP contribution in [-0.4, -0.2) is 73.1 Å². The van der Waals surface area contributed by atoms with Crippen LogP contribution in [-0.2, 0) is 9.47 Å². The van der Waals surface area contributed by atoms with Crippen molar-refractivity contribution in [3.63, 3.8) is 0 Å². The van der Waals surface area contributed by atoms with E-state index >= 15 is 4.39 Å². The standard InChI is InChI=1S/C23H27FN6O2/c1-15-14-30(7-9-31-15)21-3-2-16(10-18(21)24)19-11-20-22(27-5-4-26-20)23(29-19)28-13-17-12-25-6-8-32-17/h2-5,10-11,15,17,25H,6-9,12-14H2,1H3,(H,28,29)/t15-,17+/m1/s1. The van der Waals surface area contributed by atoms with Crippen molar-refractivity contribution in [2.75, 3.05) is 56.2 Å². The molecule has 3 aromatic rings. The lowest BCUT2D eigenvalue weighted by Crippen LogP contribution is -2.42. The lowest BCUT2D eigenvalue weighted by Gasteiger charge is -2.33. The highest BCUT2D eigenvalue weighted by Gasteiger charge is 2.21. The molecular formula is C23H27FN6O2. The molecule has 4 heterocycles. The predicted molar refractivity (Wildman–Crippen MR) is 121 cm³/mol. The number of aromatic nitrogens is 3.